The largest absolute Gasteiger partial charge is 0.480 e. The fourth-order valence-corrected chi connectivity index (χ4v) is 2.76. The van der Waals surface area contributed by atoms with Gasteiger partial charge >= 0.3 is 12.0 Å². The molecular weight excluding hydrogens is 342 g/mol. The van der Waals surface area contributed by atoms with Crippen molar-refractivity contribution in [3.05, 3.63) is 65.7 Å². The molecule has 2 amide bonds. The van der Waals surface area contributed by atoms with Gasteiger partial charge in [0, 0.05) is 5.69 Å². The van der Waals surface area contributed by atoms with Gasteiger partial charge in [-0.1, -0.05) is 42.5 Å². The molecule has 27 heavy (non-hydrogen) atoms. The molecule has 144 valence electrons. The first-order valence-corrected chi connectivity index (χ1v) is 9.21. The van der Waals surface area contributed by atoms with Crippen LogP contribution in [0.5, 0.6) is 0 Å². The molecule has 6 heteroatoms. The number of rotatable bonds is 10. The summed E-state index contributed by atoms with van der Waals surface area (Å²) in [6.45, 7) is 0.509. The monoisotopic (exact) mass is 369 g/mol. The van der Waals surface area contributed by atoms with Crippen molar-refractivity contribution in [1.82, 2.24) is 5.32 Å². The summed E-state index contributed by atoms with van der Waals surface area (Å²) in [4.78, 5) is 23.3. The van der Waals surface area contributed by atoms with Crippen molar-refractivity contribution in [1.29, 1.82) is 0 Å². The zero-order valence-corrected chi connectivity index (χ0v) is 15.4. The highest BCUT2D eigenvalue weighted by atomic mass is 16.4. The van der Waals surface area contributed by atoms with E-state index < -0.39 is 18.0 Å². The van der Waals surface area contributed by atoms with E-state index in [0.29, 0.717) is 25.1 Å². The molecule has 0 unspecified atom stereocenters. The van der Waals surface area contributed by atoms with Crippen molar-refractivity contribution in [2.24, 2.45) is 5.73 Å². The molecule has 0 spiro atoms. The Morgan fingerprint density at radius 2 is 1.56 bits per heavy atom. The molecule has 2 aromatic rings. The number of hydrogen-bond donors (Lipinski definition) is 4. The highest BCUT2D eigenvalue weighted by molar-refractivity contribution is 5.92. The zero-order valence-electron chi connectivity index (χ0n) is 15.4. The third kappa shape index (κ3) is 7.50. The molecule has 0 aliphatic carbocycles. The summed E-state index contributed by atoms with van der Waals surface area (Å²) in [5, 5.41) is 14.4. The summed E-state index contributed by atoms with van der Waals surface area (Å²) >= 11 is 0. The van der Waals surface area contributed by atoms with Gasteiger partial charge in [-0.25, -0.2) is 9.59 Å². The number of aliphatic carboxylic acids is 1. The molecule has 1 atom stereocenters. The number of unbranched alkanes of at least 4 members (excludes halogenated alkanes) is 1. The van der Waals surface area contributed by atoms with Crippen molar-refractivity contribution in [3.8, 4) is 0 Å². The summed E-state index contributed by atoms with van der Waals surface area (Å²) in [6.07, 6.45) is 3.62. The van der Waals surface area contributed by atoms with Gasteiger partial charge in [0.25, 0.3) is 0 Å². The van der Waals surface area contributed by atoms with E-state index in [1.807, 2.05) is 42.5 Å². The molecule has 0 heterocycles. The highest BCUT2D eigenvalue weighted by Crippen LogP contribution is 2.12. The minimum Gasteiger partial charge on any atom is -0.480 e. The lowest BCUT2D eigenvalue weighted by atomic mass is 10.0. The molecule has 2 aromatic carbocycles. The lowest BCUT2D eigenvalue weighted by Gasteiger charge is -2.15. The second-order valence-electron chi connectivity index (χ2n) is 6.46. The van der Waals surface area contributed by atoms with Gasteiger partial charge in [-0.2, -0.15) is 0 Å². The molecule has 0 saturated heterocycles. The van der Waals surface area contributed by atoms with Gasteiger partial charge in [0.2, 0.25) is 0 Å². The lowest BCUT2D eigenvalue weighted by Crippen LogP contribution is -2.43. The number of nitrogens with one attached hydrogen (secondary N) is 2. The Balaban J connectivity index is 1.82. The Kier molecular flexibility index (Phi) is 8.32. The molecule has 0 saturated carbocycles. The van der Waals surface area contributed by atoms with Crippen LogP contribution in [0.1, 0.15) is 30.4 Å². The average molecular weight is 369 g/mol. The minimum atomic E-state index is -1.04. The van der Waals surface area contributed by atoms with E-state index in [0.717, 1.165) is 19.3 Å². The number of amides is 2. The number of carboxylic acid groups (broad SMARTS) is 1. The fourth-order valence-electron chi connectivity index (χ4n) is 2.76. The summed E-state index contributed by atoms with van der Waals surface area (Å²) in [6, 6.07) is 16.4. The van der Waals surface area contributed by atoms with Crippen LogP contribution in [-0.4, -0.2) is 29.7 Å². The zero-order chi connectivity index (χ0) is 19.5. The Hall–Kier alpha value is -2.86. The lowest BCUT2D eigenvalue weighted by molar-refractivity contribution is -0.139. The maximum Gasteiger partial charge on any atom is 0.326 e. The maximum absolute atomic E-state index is 12.0. The van der Waals surface area contributed by atoms with Gasteiger partial charge < -0.3 is 21.5 Å². The third-order valence-electron chi connectivity index (χ3n) is 4.31. The SMILES string of the molecule is NCCCC[C@H](NC(=O)Nc1ccc(CCc2ccccc2)cc1)C(=O)O. The number of benzene rings is 2. The van der Waals surface area contributed by atoms with Gasteiger partial charge in [0.1, 0.15) is 6.04 Å². The van der Waals surface area contributed by atoms with Crippen LogP contribution in [0.2, 0.25) is 0 Å². The Morgan fingerprint density at radius 1 is 0.926 bits per heavy atom. The fraction of sp³-hybridized carbons (Fsp3) is 0.333. The predicted molar refractivity (Wildman–Crippen MR) is 107 cm³/mol. The molecule has 0 aromatic heterocycles. The van der Waals surface area contributed by atoms with Crippen LogP contribution in [0.3, 0.4) is 0 Å². The van der Waals surface area contributed by atoms with E-state index in [-0.39, 0.29) is 0 Å². The van der Waals surface area contributed by atoms with Gasteiger partial charge in [-0.15, -0.1) is 0 Å². The summed E-state index contributed by atoms with van der Waals surface area (Å²) in [5.74, 6) is -1.04. The Bertz CT molecular complexity index is 717. The molecule has 2 rings (SSSR count). The van der Waals surface area contributed by atoms with Gasteiger partial charge in [0.05, 0.1) is 0 Å². The van der Waals surface area contributed by atoms with Crippen LogP contribution in [0.15, 0.2) is 54.6 Å². The van der Waals surface area contributed by atoms with Gasteiger partial charge in [-0.3, -0.25) is 0 Å². The minimum absolute atomic E-state index is 0.360. The van der Waals surface area contributed by atoms with Gasteiger partial charge in [0.15, 0.2) is 0 Å². The number of anilines is 1. The second-order valence-corrected chi connectivity index (χ2v) is 6.46. The number of carboxylic acids is 1. The normalized spacial score (nSPS) is 11.6. The van der Waals surface area contributed by atoms with E-state index in [9.17, 15) is 14.7 Å². The van der Waals surface area contributed by atoms with E-state index in [2.05, 4.69) is 22.8 Å². The second kappa shape index (κ2) is 11.0. The van der Waals surface area contributed by atoms with Crippen LogP contribution in [-0.2, 0) is 17.6 Å². The first kappa shape index (κ1) is 20.5. The molecule has 5 N–H and O–H groups in total. The molecule has 0 aliphatic rings. The average Bonchev–Trinajstić information content (AvgIpc) is 2.67. The number of aryl methyl sites for hydroxylation is 2. The number of carbonyl (C=O) groups is 2. The molecule has 0 fully saturated rings. The van der Waals surface area contributed by atoms with Crippen LogP contribution in [0.25, 0.3) is 0 Å². The van der Waals surface area contributed by atoms with Crippen molar-refractivity contribution in [2.45, 2.75) is 38.1 Å². The van der Waals surface area contributed by atoms with Gasteiger partial charge in [-0.05, 0) is 61.9 Å². The molecule has 0 radical (unpaired) electrons. The first-order chi connectivity index (χ1) is 13.1. The Morgan fingerprint density at radius 3 is 2.15 bits per heavy atom. The van der Waals surface area contributed by atoms with E-state index in [4.69, 9.17) is 5.73 Å². The number of hydrogen-bond acceptors (Lipinski definition) is 3. The van der Waals surface area contributed by atoms with Crippen LogP contribution in [0, 0.1) is 0 Å². The standard InChI is InChI=1S/C21H27N3O3/c22-15-5-4-8-19(20(25)26)24-21(27)23-18-13-11-17(12-14-18)10-9-16-6-2-1-3-7-16/h1-3,6-7,11-14,19H,4-5,8-10,15,22H2,(H,25,26)(H2,23,24,27)/t19-/m0/s1. The van der Waals surface area contributed by atoms with Crippen LogP contribution in [0.4, 0.5) is 10.5 Å². The quantitative estimate of drug-likeness (QED) is 0.483. The van der Waals surface area contributed by atoms with Crippen molar-refractivity contribution < 1.29 is 14.7 Å². The van der Waals surface area contributed by atoms with Crippen molar-refractivity contribution in [3.63, 3.8) is 0 Å². The summed E-state index contributed by atoms with van der Waals surface area (Å²) in [7, 11) is 0. The van der Waals surface area contributed by atoms with E-state index in [1.165, 1.54) is 11.1 Å². The molecular formula is C21H27N3O3. The van der Waals surface area contributed by atoms with Crippen molar-refractivity contribution in [2.75, 3.05) is 11.9 Å². The molecule has 6 nitrogen and oxygen atoms in total. The number of nitrogens with two attached hydrogens (primary N) is 1. The van der Waals surface area contributed by atoms with E-state index >= 15 is 0 Å². The topological polar surface area (TPSA) is 104 Å². The highest BCUT2D eigenvalue weighted by Gasteiger charge is 2.19. The smallest absolute Gasteiger partial charge is 0.326 e. The third-order valence-corrected chi connectivity index (χ3v) is 4.31. The predicted octanol–water partition coefficient (Wildman–Crippen LogP) is 3.18. The van der Waals surface area contributed by atoms with Crippen molar-refractivity contribution >= 4 is 17.7 Å². The number of carbonyl (C=O) groups excluding carboxylic acids is 1. The molecule has 0 bridgehead atoms. The number of urea groups is 1. The summed E-state index contributed by atoms with van der Waals surface area (Å²) in [5.41, 5.74) is 8.50. The Labute approximate surface area is 159 Å². The van der Waals surface area contributed by atoms with E-state index in [1.54, 1.807) is 0 Å². The summed E-state index contributed by atoms with van der Waals surface area (Å²) < 4.78 is 0. The molecule has 0 aliphatic heterocycles. The first-order valence-electron chi connectivity index (χ1n) is 9.21. The van der Waals surface area contributed by atoms with Crippen LogP contribution < -0.4 is 16.4 Å². The maximum atomic E-state index is 12.0. The van der Waals surface area contributed by atoms with Crippen LogP contribution >= 0.6 is 0 Å².